The number of aryl methyl sites for hydroxylation is 1. The number of hydrogen-bond donors (Lipinski definition) is 1. The summed E-state index contributed by atoms with van der Waals surface area (Å²) in [6, 6.07) is 0. The Balaban J connectivity index is 1.84. The van der Waals surface area contributed by atoms with Gasteiger partial charge in [-0.15, -0.1) is 5.10 Å². The molecule has 1 aliphatic rings. The van der Waals surface area contributed by atoms with Crippen molar-refractivity contribution in [3.05, 3.63) is 17.2 Å². The molecule has 0 amide bonds. The van der Waals surface area contributed by atoms with Crippen LogP contribution in [0.4, 0.5) is 5.82 Å². The van der Waals surface area contributed by atoms with Crippen molar-refractivity contribution in [2.75, 3.05) is 18.0 Å². The number of anilines is 1. The van der Waals surface area contributed by atoms with Crippen molar-refractivity contribution < 1.29 is 4.63 Å². The third-order valence-corrected chi connectivity index (χ3v) is 4.95. The van der Waals surface area contributed by atoms with Gasteiger partial charge in [-0.1, -0.05) is 36.3 Å². The minimum atomic E-state index is -0.191. The number of rotatable bonds is 3. The Hall–Kier alpha value is -2.23. The van der Waals surface area contributed by atoms with E-state index >= 15 is 0 Å². The van der Waals surface area contributed by atoms with Gasteiger partial charge in [0.05, 0.1) is 6.54 Å². The minimum Gasteiger partial charge on any atom is -0.353 e. The molecule has 26 heavy (non-hydrogen) atoms. The van der Waals surface area contributed by atoms with Gasteiger partial charge in [-0.25, -0.2) is 19.3 Å². The van der Waals surface area contributed by atoms with Gasteiger partial charge in [0, 0.05) is 23.8 Å². The lowest BCUT2D eigenvalue weighted by atomic mass is 9.96. The van der Waals surface area contributed by atoms with Crippen molar-refractivity contribution in [1.29, 1.82) is 0 Å². The van der Waals surface area contributed by atoms with Crippen LogP contribution in [0.2, 0.25) is 0 Å². The van der Waals surface area contributed by atoms with Crippen LogP contribution in [-0.2, 0) is 12.0 Å². The first-order valence-electron chi connectivity index (χ1n) is 8.65. The van der Waals surface area contributed by atoms with Crippen LogP contribution in [-0.4, -0.2) is 53.6 Å². The van der Waals surface area contributed by atoms with Crippen molar-refractivity contribution in [2.45, 2.75) is 51.3 Å². The maximum Gasteiger partial charge on any atom is 0.184 e. The molecule has 10 heteroatoms. The molecule has 1 atom stereocenters. The number of aromatic nitrogens is 7. The molecule has 1 fully saturated rings. The molecule has 9 nitrogen and oxygen atoms in total. The number of fused-ring (bicyclic) bond motifs is 1. The van der Waals surface area contributed by atoms with E-state index < -0.39 is 0 Å². The molecular formula is C16H22N8OS. The van der Waals surface area contributed by atoms with Crippen LogP contribution in [0.1, 0.15) is 44.4 Å². The first-order valence-corrected chi connectivity index (χ1v) is 9.17. The Morgan fingerprint density at radius 1 is 1.23 bits per heavy atom. The van der Waals surface area contributed by atoms with Crippen LogP contribution in [0.5, 0.6) is 0 Å². The predicted octanol–water partition coefficient (Wildman–Crippen LogP) is 1.77. The van der Waals surface area contributed by atoms with Gasteiger partial charge in [-0.3, -0.25) is 0 Å². The zero-order valence-electron chi connectivity index (χ0n) is 15.3. The van der Waals surface area contributed by atoms with E-state index in [1.807, 2.05) is 6.92 Å². The fourth-order valence-electron chi connectivity index (χ4n) is 2.97. The van der Waals surface area contributed by atoms with E-state index in [1.165, 1.54) is 0 Å². The molecule has 0 radical (unpaired) electrons. The van der Waals surface area contributed by atoms with Crippen LogP contribution in [0.25, 0.3) is 11.2 Å². The molecule has 1 saturated heterocycles. The number of thiol groups is 1. The van der Waals surface area contributed by atoms with Crippen LogP contribution in [0, 0.1) is 6.92 Å². The third-order valence-electron chi connectivity index (χ3n) is 4.52. The highest BCUT2D eigenvalue weighted by atomic mass is 32.1. The fraction of sp³-hybridized carbons (Fsp3) is 0.625. The molecule has 4 rings (SSSR count). The molecule has 0 aromatic carbocycles. The quantitative estimate of drug-likeness (QED) is 0.693. The largest absolute Gasteiger partial charge is 0.353 e. The van der Waals surface area contributed by atoms with Crippen molar-refractivity contribution in [2.24, 2.45) is 0 Å². The van der Waals surface area contributed by atoms with E-state index in [0.29, 0.717) is 28.7 Å². The summed E-state index contributed by atoms with van der Waals surface area (Å²) in [5, 5.41) is 16.8. The SMILES string of the molecule is Cc1nonc1Cn1nnc2c(N3CC[C@H](S)C3)nc(C(C)(C)C)nc21. The van der Waals surface area contributed by atoms with Crippen molar-refractivity contribution in [3.63, 3.8) is 0 Å². The summed E-state index contributed by atoms with van der Waals surface area (Å²) in [5.41, 5.74) is 2.66. The fourth-order valence-corrected chi connectivity index (χ4v) is 3.29. The highest BCUT2D eigenvalue weighted by molar-refractivity contribution is 7.81. The summed E-state index contributed by atoms with van der Waals surface area (Å²) >= 11 is 4.60. The third kappa shape index (κ3) is 3.02. The second-order valence-corrected chi connectivity index (χ2v) is 8.46. The lowest BCUT2D eigenvalue weighted by molar-refractivity contribution is 0.300. The van der Waals surface area contributed by atoms with E-state index in [2.05, 4.69) is 58.9 Å². The van der Waals surface area contributed by atoms with Gasteiger partial charge in [-0.2, -0.15) is 12.6 Å². The van der Waals surface area contributed by atoms with E-state index in [4.69, 9.17) is 14.6 Å². The summed E-state index contributed by atoms with van der Waals surface area (Å²) in [7, 11) is 0. The van der Waals surface area contributed by atoms with Gasteiger partial charge < -0.3 is 4.90 Å². The second kappa shape index (κ2) is 6.19. The molecule has 3 aromatic rings. The maximum atomic E-state index is 4.84. The lowest BCUT2D eigenvalue weighted by Gasteiger charge is -2.22. The molecule has 4 heterocycles. The highest BCUT2D eigenvalue weighted by Gasteiger charge is 2.28. The van der Waals surface area contributed by atoms with Gasteiger partial charge in [0.2, 0.25) is 0 Å². The molecule has 3 aromatic heterocycles. The molecule has 0 bridgehead atoms. The Bertz CT molecular complexity index is 944. The minimum absolute atomic E-state index is 0.191. The maximum absolute atomic E-state index is 4.84. The first-order chi connectivity index (χ1) is 12.3. The van der Waals surface area contributed by atoms with E-state index in [1.54, 1.807) is 4.68 Å². The van der Waals surface area contributed by atoms with E-state index in [0.717, 1.165) is 36.8 Å². The monoisotopic (exact) mass is 374 g/mol. The summed E-state index contributed by atoms with van der Waals surface area (Å²) < 4.78 is 6.52. The van der Waals surface area contributed by atoms with Gasteiger partial charge in [0.15, 0.2) is 17.0 Å². The Labute approximate surface area is 156 Å². The van der Waals surface area contributed by atoms with Gasteiger partial charge in [0.25, 0.3) is 0 Å². The van der Waals surface area contributed by atoms with E-state index in [9.17, 15) is 0 Å². The lowest BCUT2D eigenvalue weighted by Crippen LogP contribution is -2.25. The molecule has 0 N–H and O–H groups in total. The molecule has 0 aliphatic carbocycles. The summed E-state index contributed by atoms with van der Waals surface area (Å²) in [6.45, 7) is 10.3. The average molecular weight is 374 g/mol. The van der Waals surface area contributed by atoms with Crippen LogP contribution >= 0.6 is 12.6 Å². The highest BCUT2D eigenvalue weighted by Crippen LogP contribution is 2.30. The Morgan fingerprint density at radius 2 is 2.04 bits per heavy atom. The van der Waals surface area contributed by atoms with Gasteiger partial charge in [0.1, 0.15) is 17.2 Å². The predicted molar refractivity (Wildman–Crippen MR) is 99.6 cm³/mol. The summed E-state index contributed by atoms with van der Waals surface area (Å²) in [6.07, 6.45) is 1.03. The molecule has 0 unspecified atom stereocenters. The van der Waals surface area contributed by atoms with Crippen molar-refractivity contribution in [3.8, 4) is 0 Å². The summed E-state index contributed by atoms with van der Waals surface area (Å²) in [5.74, 6) is 1.60. The van der Waals surface area contributed by atoms with Gasteiger partial charge in [-0.05, 0) is 13.3 Å². The Morgan fingerprint density at radius 3 is 2.65 bits per heavy atom. The number of hydrogen-bond acceptors (Lipinski definition) is 9. The standard InChI is InChI=1S/C16H22N8OS/c1-9-11(21-25-20-9)8-24-14-12(19-22-24)13(23-6-5-10(26)7-23)17-15(18-14)16(2,3)4/h10,26H,5-8H2,1-4H3/t10-/m0/s1. The summed E-state index contributed by atoms with van der Waals surface area (Å²) in [4.78, 5) is 11.8. The molecule has 1 aliphatic heterocycles. The average Bonchev–Trinajstić information content (AvgIpc) is 3.28. The topological polar surface area (TPSA) is 98.6 Å². The zero-order chi connectivity index (χ0) is 18.5. The molecule has 138 valence electrons. The van der Waals surface area contributed by atoms with Crippen molar-refractivity contribution in [1.82, 2.24) is 35.3 Å². The van der Waals surface area contributed by atoms with Gasteiger partial charge >= 0.3 is 0 Å². The Kier molecular flexibility index (Phi) is 4.09. The molecule has 0 saturated carbocycles. The van der Waals surface area contributed by atoms with E-state index in [-0.39, 0.29) is 5.41 Å². The number of nitrogens with zero attached hydrogens (tertiary/aromatic N) is 8. The second-order valence-electron chi connectivity index (χ2n) is 7.72. The van der Waals surface area contributed by atoms with Crippen LogP contribution in [0.15, 0.2) is 4.63 Å². The van der Waals surface area contributed by atoms with Crippen molar-refractivity contribution >= 4 is 29.6 Å². The first kappa shape index (κ1) is 17.2. The normalized spacial score (nSPS) is 18.2. The smallest absolute Gasteiger partial charge is 0.184 e. The molecule has 0 spiro atoms. The molecular weight excluding hydrogens is 352 g/mol. The van der Waals surface area contributed by atoms with Crippen LogP contribution in [0.3, 0.4) is 0 Å². The zero-order valence-corrected chi connectivity index (χ0v) is 16.2. The van der Waals surface area contributed by atoms with Crippen LogP contribution < -0.4 is 4.90 Å².